The Bertz CT molecular complexity index is 353. The normalized spacial score (nSPS) is 10.4. The molecule has 0 bridgehead atoms. The predicted octanol–water partition coefficient (Wildman–Crippen LogP) is 1.26. The highest BCUT2D eigenvalue weighted by molar-refractivity contribution is 5.69. The van der Waals surface area contributed by atoms with Gasteiger partial charge in [-0.2, -0.15) is 0 Å². The molecule has 0 unspecified atom stereocenters. The minimum atomic E-state index is -0.187. The molecule has 0 aromatic heterocycles. The van der Waals surface area contributed by atoms with Crippen LogP contribution in [0.15, 0.2) is 24.3 Å². The van der Waals surface area contributed by atoms with Crippen molar-refractivity contribution in [3.63, 3.8) is 0 Å². The second-order valence-corrected chi connectivity index (χ2v) is 3.76. The molecular weight excluding hydrogens is 204 g/mol. The van der Waals surface area contributed by atoms with Gasteiger partial charge in [-0.25, -0.2) is 0 Å². The number of carbonyl (C=O) groups excluding carboxylic acids is 1. The van der Waals surface area contributed by atoms with Crippen LogP contribution in [0.1, 0.15) is 12.0 Å². The number of nitrogens with two attached hydrogens (primary N) is 1. The first-order chi connectivity index (χ1) is 7.63. The van der Waals surface area contributed by atoms with Crippen LogP contribution in [0.25, 0.3) is 0 Å². The van der Waals surface area contributed by atoms with Crippen molar-refractivity contribution in [1.29, 1.82) is 0 Å². The molecule has 1 aromatic rings. The van der Waals surface area contributed by atoms with Gasteiger partial charge in [0.2, 0.25) is 0 Å². The van der Waals surface area contributed by atoms with Crippen LogP contribution in [0.3, 0.4) is 0 Å². The van der Waals surface area contributed by atoms with E-state index in [0.29, 0.717) is 13.0 Å². The quantitative estimate of drug-likeness (QED) is 0.602. The van der Waals surface area contributed by atoms with Gasteiger partial charge in [0.1, 0.15) is 0 Å². The molecule has 16 heavy (non-hydrogen) atoms. The third-order valence-corrected chi connectivity index (χ3v) is 2.42. The first-order valence-electron chi connectivity index (χ1n) is 5.22. The topological polar surface area (TPSA) is 55.6 Å². The van der Waals surface area contributed by atoms with E-state index in [1.165, 1.54) is 7.11 Å². The Labute approximate surface area is 96.0 Å². The lowest BCUT2D eigenvalue weighted by atomic mass is 10.1. The lowest BCUT2D eigenvalue weighted by molar-refractivity contribution is -0.140. The SMILES string of the molecule is COC(=O)CCN(C)Cc1ccccc1N. The van der Waals surface area contributed by atoms with E-state index in [4.69, 9.17) is 5.73 Å². The summed E-state index contributed by atoms with van der Waals surface area (Å²) in [5.41, 5.74) is 7.70. The van der Waals surface area contributed by atoms with Crippen LogP contribution in [0.2, 0.25) is 0 Å². The Hall–Kier alpha value is -1.55. The number of hydrogen-bond donors (Lipinski definition) is 1. The molecule has 0 spiro atoms. The fourth-order valence-corrected chi connectivity index (χ4v) is 1.43. The zero-order valence-electron chi connectivity index (χ0n) is 9.77. The fraction of sp³-hybridized carbons (Fsp3) is 0.417. The number of ether oxygens (including phenoxy) is 1. The van der Waals surface area contributed by atoms with Gasteiger partial charge in [0.15, 0.2) is 0 Å². The summed E-state index contributed by atoms with van der Waals surface area (Å²) in [4.78, 5) is 13.0. The molecule has 0 aliphatic carbocycles. The van der Waals surface area contributed by atoms with Gasteiger partial charge >= 0.3 is 5.97 Å². The molecule has 2 N–H and O–H groups in total. The maximum absolute atomic E-state index is 11.0. The summed E-state index contributed by atoms with van der Waals surface area (Å²) >= 11 is 0. The summed E-state index contributed by atoms with van der Waals surface area (Å²) < 4.78 is 4.58. The number of para-hydroxylation sites is 1. The molecule has 4 nitrogen and oxygen atoms in total. The van der Waals surface area contributed by atoms with Crippen LogP contribution in [0.4, 0.5) is 5.69 Å². The smallest absolute Gasteiger partial charge is 0.306 e. The largest absolute Gasteiger partial charge is 0.469 e. The van der Waals surface area contributed by atoms with E-state index in [0.717, 1.165) is 17.8 Å². The standard InChI is InChI=1S/C12H18N2O2/c1-14(8-7-12(15)16-2)9-10-5-3-4-6-11(10)13/h3-6H,7-9,13H2,1-2H3. The Kier molecular flexibility index (Phi) is 4.79. The van der Waals surface area contributed by atoms with E-state index >= 15 is 0 Å². The number of anilines is 1. The van der Waals surface area contributed by atoms with Crippen LogP contribution in [0, 0.1) is 0 Å². The van der Waals surface area contributed by atoms with Crippen molar-refractivity contribution in [1.82, 2.24) is 4.90 Å². The van der Waals surface area contributed by atoms with Crippen molar-refractivity contribution >= 4 is 11.7 Å². The summed E-state index contributed by atoms with van der Waals surface area (Å²) in [5, 5.41) is 0. The molecule has 0 aliphatic heterocycles. The molecule has 0 fully saturated rings. The molecule has 0 amide bonds. The fourth-order valence-electron chi connectivity index (χ4n) is 1.43. The Morgan fingerprint density at radius 3 is 2.75 bits per heavy atom. The summed E-state index contributed by atoms with van der Waals surface area (Å²) in [6.45, 7) is 1.41. The van der Waals surface area contributed by atoms with E-state index < -0.39 is 0 Å². The van der Waals surface area contributed by atoms with Crippen LogP contribution in [-0.2, 0) is 16.1 Å². The van der Waals surface area contributed by atoms with Gasteiger partial charge in [-0.05, 0) is 18.7 Å². The number of rotatable bonds is 5. The van der Waals surface area contributed by atoms with E-state index in [2.05, 4.69) is 4.74 Å². The summed E-state index contributed by atoms with van der Waals surface area (Å²) in [7, 11) is 3.35. The molecule has 1 rings (SSSR count). The third kappa shape index (κ3) is 3.90. The minimum absolute atomic E-state index is 0.187. The average Bonchev–Trinajstić information content (AvgIpc) is 2.29. The first kappa shape index (κ1) is 12.5. The number of nitrogen functional groups attached to an aromatic ring is 1. The molecule has 0 atom stereocenters. The van der Waals surface area contributed by atoms with Crippen molar-refractivity contribution in [2.24, 2.45) is 0 Å². The van der Waals surface area contributed by atoms with Gasteiger partial charge in [-0.15, -0.1) is 0 Å². The zero-order chi connectivity index (χ0) is 12.0. The number of carbonyl (C=O) groups is 1. The molecule has 1 aromatic carbocycles. The van der Waals surface area contributed by atoms with E-state index in [-0.39, 0.29) is 5.97 Å². The van der Waals surface area contributed by atoms with Crippen LogP contribution < -0.4 is 5.73 Å². The van der Waals surface area contributed by atoms with Crippen molar-refractivity contribution in [3.8, 4) is 0 Å². The molecule has 4 heteroatoms. The van der Waals surface area contributed by atoms with Gasteiger partial charge in [0.05, 0.1) is 13.5 Å². The van der Waals surface area contributed by atoms with Gasteiger partial charge in [-0.3, -0.25) is 4.79 Å². The lowest BCUT2D eigenvalue weighted by Crippen LogP contribution is -2.22. The number of esters is 1. The number of hydrogen-bond acceptors (Lipinski definition) is 4. The molecule has 0 radical (unpaired) electrons. The lowest BCUT2D eigenvalue weighted by Gasteiger charge is -2.16. The number of nitrogens with zero attached hydrogens (tertiary/aromatic N) is 1. The van der Waals surface area contributed by atoms with Gasteiger partial charge in [-0.1, -0.05) is 18.2 Å². The van der Waals surface area contributed by atoms with Crippen molar-refractivity contribution in [3.05, 3.63) is 29.8 Å². The maximum atomic E-state index is 11.0. The highest BCUT2D eigenvalue weighted by Gasteiger charge is 2.06. The van der Waals surface area contributed by atoms with Crippen LogP contribution >= 0.6 is 0 Å². The predicted molar refractivity (Wildman–Crippen MR) is 63.8 cm³/mol. The Balaban J connectivity index is 2.43. The highest BCUT2D eigenvalue weighted by Crippen LogP contribution is 2.12. The van der Waals surface area contributed by atoms with Crippen molar-refractivity contribution in [2.45, 2.75) is 13.0 Å². The van der Waals surface area contributed by atoms with E-state index in [9.17, 15) is 4.79 Å². The first-order valence-corrected chi connectivity index (χ1v) is 5.22. The van der Waals surface area contributed by atoms with Gasteiger partial charge < -0.3 is 15.4 Å². The number of methoxy groups -OCH3 is 1. The summed E-state index contributed by atoms with van der Waals surface area (Å²) in [5.74, 6) is -0.187. The molecule has 88 valence electrons. The molecule has 0 heterocycles. The molecule has 0 saturated carbocycles. The zero-order valence-corrected chi connectivity index (χ0v) is 9.77. The number of benzene rings is 1. The minimum Gasteiger partial charge on any atom is -0.469 e. The van der Waals surface area contributed by atoms with Crippen molar-refractivity contribution in [2.75, 3.05) is 26.4 Å². The molecule has 0 saturated heterocycles. The van der Waals surface area contributed by atoms with Gasteiger partial charge in [0, 0.05) is 18.8 Å². The maximum Gasteiger partial charge on any atom is 0.306 e. The molecular formula is C12H18N2O2. The summed E-state index contributed by atoms with van der Waals surface area (Å²) in [6, 6.07) is 7.74. The van der Waals surface area contributed by atoms with Gasteiger partial charge in [0.25, 0.3) is 0 Å². The molecule has 0 aliphatic rings. The monoisotopic (exact) mass is 222 g/mol. The van der Waals surface area contributed by atoms with Crippen molar-refractivity contribution < 1.29 is 9.53 Å². The second kappa shape index (κ2) is 6.12. The van der Waals surface area contributed by atoms with E-state index in [1.54, 1.807) is 0 Å². The third-order valence-electron chi connectivity index (χ3n) is 2.42. The second-order valence-electron chi connectivity index (χ2n) is 3.76. The van der Waals surface area contributed by atoms with Crippen LogP contribution in [-0.4, -0.2) is 31.6 Å². The Morgan fingerprint density at radius 2 is 2.12 bits per heavy atom. The van der Waals surface area contributed by atoms with Crippen LogP contribution in [0.5, 0.6) is 0 Å². The highest BCUT2D eigenvalue weighted by atomic mass is 16.5. The van der Waals surface area contributed by atoms with E-state index in [1.807, 2.05) is 36.2 Å². The summed E-state index contributed by atoms with van der Waals surface area (Å²) in [6.07, 6.45) is 0.403. The average molecular weight is 222 g/mol. The Morgan fingerprint density at radius 1 is 1.44 bits per heavy atom.